The van der Waals surface area contributed by atoms with E-state index in [0.717, 1.165) is 37.5 Å². The zero-order valence-corrected chi connectivity index (χ0v) is 8.22. The molecule has 5 heteroatoms. The third-order valence-corrected chi connectivity index (χ3v) is 3.06. The summed E-state index contributed by atoms with van der Waals surface area (Å²) < 4.78 is 5.29. The molecule has 0 bridgehead atoms. The number of nitrogens with two attached hydrogens (primary N) is 1. The minimum atomic E-state index is 0.571. The SMILES string of the molecule is Nc1nnc(CC2CCOCC2)s1. The van der Waals surface area contributed by atoms with Crippen LogP contribution in [0.15, 0.2) is 0 Å². The summed E-state index contributed by atoms with van der Waals surface area (Å²) in [6.45, 7) is 1.78. The van der Waals surface area contributed by atoms with Crippen molar-refractivity contribution < 1.29 is 4.74 Å². The van der Waals surface area contributed by atoms with Gasteiger partial charge < -0.3 is 10.5 Å². The molecule has 2 N–H and O–H groups in total. The van der Waals surface area contributed by atoms with Gasteiger partial charge in [0.05, 0.1) is 0 Å². The average Bonchev–Trinajstić information content (AvgIpc) is 2.53. The van der Waals surface area contributed by atoms with Crippen molar-refractivity contribution >= 4 is 16.5 Å². The standard InChI is InChI=1S/C8H13N3OS/c9-8-11-10-7(13-8)5-6-1-3-12-4-2-6/h6H,1-5H2,(H2,9,11). The van der Waals surface area contributed by atoms with Gasteiger partial charge in [0.15, 0.2) is 0 Å². The molecule has 0 spiro atoms. The Morgan fingerprint density at radius 2 is 2.15 bits per heavy atom. The van der Waals surface area contributed by atoms with E-state index in [-0.39, 0.29) is 0 Å². The van der Waals surface area contributed by atoms with Crippen molar-refractivity contribution in [1.29, 1.82) is 0 Å². The summed E-state index contributed by atoms with van der Waals surface area (Å²) in [5.41, 5.74) is 5.50. The first-order valence-corrected chi connectivity index (χ1v) is 5.32. The van der Waals surface area contributed by atoms with E-state index in [0.29, 0.717) is 11.0 Å². The van der Waals surface area contributed by atoms with Crippen molar-refractivity contribution in [2.75, 3.05) is 18.9 Å². The lowest BCUT2D eigenvalue weighted by Crippen LogP contribution is -2.17. The maximum absolute atomic E-state index is 5.50. The Balaban J connectivity index is 1.89. The smallest absolute Gasteiger partial charge is 0.203 e. The van der Waals surface area contributed by atoms with Crippen molar-refractivity contribution in [2.45, 2.75) is 19.3 Å². The Hall–Kier alpha value is -0.680. The van der Waals surface area contributed by atoms with Gasteiger partial charge >= 0.3 is 0 Å². The first-order valence-electron chi connectivity index (χ1n) is 4.50. The van der Waals surface area contributed by atoms with Crippen molar-refractivity contribution in [2.24, 2.45) is 5.92 Å². The highest BCUT2D eigenvalue weighted by molar-refractivity contribution is 7.15. The number of nitrogens with zero attached hydrogens (tertiary/aromatic N) is 2. The Morgan fingerprint density at radius 1 is 1.38 bits per heavy atom. The van der Waals surface area contributed by atoms with Gasteiger partial charge in [-0.1, -0.05) is 11.3 Å². The fourth-order valence-electron chi connectivity index (χ4n) is 1.55. The number of hydrogen-bond donors (Lipinski definition) is 1. The van der Waals surface area contributed by atoms with E-state index < -0.39 is 0 Å². The predicted octanol–water partition coefficient (Wildman–Crippen LogP) is 1.09. The second-order valence-electron chi connectivity index (χ2n) is 3.29. The van der Waals surface area contributed by atoms with Gasteiger partial charge in [0.2, 0.25) is 5.13 Å². The highest BCUT2D eigenvalue weighted by Gasteiger charge is 2.16. The molecule has 1 aromatic heterocycles. The van der Waals surface area contributed by atoms with Crippen molar-refractivity contribution in [3.05, 3.63) is 5.01 Å². The molecule has 0 amide bonds. The van der Waals surface area contributed by atoms with Crippen LogP contribution in [0.4, 0.5) is 5.13 Å². The third kappa shape index (κ3) is 2.38. The minimum Gasteiger partial charge on any atom is -0.381 e. The first kappa shape index (κ1) is 8.90. The van der Waals surface area contributed by atoms with Gasteiger partial charge in [0.1, 0.15) is 5.01 Å². The summed E-state index contributed by atoms with van der Waals surface area (Å²) in [5, 5.41) is 9.44. The van der Waals surface area contributed by atoms with Crippen LogP contribution in [0.25, 0.3) is 0 Å². The Kier molecular flexibility index (Phi) is 2.75. The molecule has 0 radical (unpaired) electrons. The largest absolute Gasteiger partial charge is 0.381 e. The highest BCUT2D eigenvalue weighted by atomic mass is 32.1. The highest BCUT2D eigenvalue weighted by Crippen LogP contribution is 2.22. The number of ether oxygens (including phenoxy) is 1. The lowest BCUT2D eigenvalue weighted by molar-refractivity contribution is 0.0665. The molecular formula is C8H13N3OS. The molecule has 2 heterocycles. The second kappa shape index (κ2) is 4.02. The fraction of sp³-hybridized carbons (Fsp3) is 0.750. The lowest BCUT2D eigenvalue weighted by Gasteiger charge is -2.20. The first-order chi connectivity index (χ1) is 6.34. The summed E-state index contributed by atoms with van der Waals surface area (Å²) in [6.07, 6.45) is 3.29. The van der Waals surface area contributed by atoms with Gasteiger partial charge in [-0.3, -0.25) is 0 Å². The monoisotopic (exact) mass is 199 g/mol. The van der Waals surface area contributed by atoms with Crippen LogP contribution >= 0.6 is 11.3 Å². The van der Waals surface area contributed by atoms with Gasteiger partial charge in [0.25, 0.3) is 0 Å². The molecule has 13 heavy (non-hydrogen) atoms. The van der Waals surface area contributed by atoms with E-state index in [9.17, 15) is 0 Å². The van der Waals surface area contributed by atoms with Crippen LogP contribution < -0.4 is 5.73 Å². The molecule has 1 aliphatic rings. The molecule has 1 fully saturated rings. The molecular weight excluding hydrogens is 186 g/mol. The molecule has 1 aliphatic heterocycles. The predicted molar refractivity (Wildman–Crippen MR) is 51.6 cm³/mol. The van der Waals surface area contributed by atoms with Crippen molar-refractivity contribution in [1.82, 2.24) is 10.2 Å². The van der Waals surface area contributed by atoms with E-state index in [1.165, 1.54) is 11.3 Å². The van der Waals surface area contributed by atoms with Crippen LogP contribution in [0.2, 0.25) is 0 Å². The van der Waals surface area contributed by atoms with E-state index in [4.69, 9.17) is 10.5 Å². The molecule has 0 aromatic carbocycles. The van der Waals surface area contributed by atoms with Crippen molar-refractivity contribution in [3.63, 3.8) is 0 Å². The third-order valence-electron chi connectivity index (χ3n) is 2.29. The summed E-state index contributed by atoms with van der Waals surface area (Å²) in [6, 6.07) is 0. The van der Waals surface area contributed by atoms with Gasteiger partial charge in [-0.05, 0) is 18.8 Å². The average molecular weight is 199 g/mol. The van der Waals surface area contributed by atoms with E-state index in [1.807, 2.05) is 0 Å². The Morgan fingerprint density at radius 3 is 2.77 bits per heavy atom. The quantitative estimate of drug-likeness (QED) is 0.774. The molecule has 1 saturated heterocycles. The molecule has 2 rings (SSSR count). The van der Waals surface area contributed by atoms with Crippen molar-refractivity contribution in [3.8, 4) is 0 Å². The molecule has 0 unspecified atom stereocenters. The minimum absolute atomic E-state index is 0.571. The van der Waals surface area contributed by atoms with Crippen LogP contribution in [0.3, 0.4) is 0 Å². The number of hydrogen-bond acceptors (Lipinski definition) is 5. The Bertz CT molecular complexity index is 270. The zero-order chi connectivity index (χ0) is 9.10. The lowest BCUT2D eigenvalue weighted by atomic mass is 9.97. The van der Waals surface area contributed by atoms with Crippen LogP contribution in [0.1, 0.15) is 17.8 Å². The number of aromatic nitrogens is 2. The fourth-order valence-corrected chi connectivity index (χ4v) is 2.27. The number of nitrogen functional groups attached to an aromatic ring is 1. The summed E-state index contributed by atoms with van der Waals surface area (Å²) in [5.74, 6) is 0.709. The van der Waals surface area contributed by atoms with Gasteiger partial charge in [-0.2, -0.15) is 0 Å². The van der Waals surface area contributed by atoms with Crippen LogP contribution in [0, 0.1) is 5.92 Å². The molecule has 0 aliphatic carbocycles. The maximum Gasteiger partial charge on any atom is 0.203 e. The summed E-state index contributed by atoms with van der Waals surface area (Å²) in [7, 11) is 0. The van der Waals surface area contributed by atoms with Gasteiger partial charge in [0, 0.05) is 19.6 Å². The molecule has 0 saturated carbocycles. The molecule has 0 atom stereocenters. The second-order valence-corrected chi connectivity index (χ2v) is 4.39. The van der Waals surface area contributed by atoms with Gasteiger partial charge in [-0.15, -0.1) is 10.2 Å². The maximum atomic E-state index is 5.50. The Labute approximate surface area is 81.1 Å². The van der Waals surface area contributed by atoms with Gasteiger partial charge in [-0.25, -0.2) is 0 Å². The molecule has 1 aromatic rings. The van der Waals surface area contributed by atoms with E-state index >= 15 is 0 Å². The zero-order valence-electron chi connectivity index (χ0n) is 7.40. The van der Waals surface area contributed by atoms with Crippen LogP contribution in [-0.2, 0) is 11.2 Å². The normalized spacial score (nSPS) is 19.1. The molecule has 72 valence electrons. The number of anilines is 1. The van der Waals surface area contributed by atoms with Crippen LogP contribution in [-0.4, -0.2) is 23.4 Å². The summed E-state index contributed by atoms with van der Waals surface area (Å²) in [4.78, 5) is 0. The van der Waals surface area contributed by atoms with E-state index in [1.54, 1.807) is 0 Å². The molecule has 4 nitrogen and oxygen atoms in total. The number of rotatable bonds is 2. The van der Waals surface area contributed by atoms with Crippen LogP contribution in [0.5, 0.6) is 0 Å². The summed E-state index contributed by atoms with van der Waals surface area (Å²) >= 11 is 1.50. The van der Waals surface area contributed by atoms with E-state index in [2.05, 4.69) is 10.2 Å². The topological polar surface area (TPSA) is 61.0 Å².